The summed E-state index contributed by atoms with van der Waals surface area (Å²) in [6.45, 7) is 0.700. The van der Waals surface area contributed by atoms with E-state index >= 15 is 0 Å². The molecule has 1 saturated carbocycles. The lowest BCUT2D eigenvalue weighted by atomic mass is 9.89. The van der Waals surface area contributed by atoms with Crippen molar-refractivity contribution >= 4 is 33.2 Å². The zero-order valence-electron chi connectivity index (χ0n) is 15.9. The molecule has 1 aliphatic carbocycles. The van der Waals surface area contributed by atoms with E-state index in [0.717, 1.165) is 0 Å². The van der Waals surface area contributed by atoms with Crippen LogP contribution in [0.3, 0.4) is 0 Å². The summed E-state index contributed by atoms with van der Waals surface area (Å²) >= 11 is 5.83. The van der Waals surface area contributed by atoms with E-state index in [9.17, 15) is 13.2 Å². The topological polar surface area (TPSA) is 66.5 Å². The molecule has 5 nitrogen and oxygen atoms in total. The number of hydrogen-bond acceptors (Lipinski definition) is 3. The van der Waals surface area contributed by atoms with E-state index in [4.69, 9.17) is 11.6 Å². The average molecular weight is 421 g/mol. The highest BCUT2D eigenvalue weighted by Gasteiger charge is 2.21. The van der Waals surface area contributed by atoms with Crippen molar-refractivity contribution in [3.05, 3.63) is 59.1 Å². The van der Waals surface area contributed by atoms with Gasteiger partial charge in [0.25, 0.3) is 15.9 Å². The Hall–Kier alpha value is -2.05. The normalized spacial score (nSPS) is 15.2. The van der Waals surface area contributed by atoms with Crippen LogP contribution in [-0.2, 0) is 10.0 Å². The van der Waals surface area contributed by atoms with Gasteiger partial charge < -0.3 is 5.32 Å². The lowest BCUT2D eigenvalue weighted by molar-refractivity contribution is 0.0943. The highest BCUT2D eigenvalue weighted by molar-refractivity contribution is 7.92. The zero-order valence-corrected chi connectivity index (χ0v) is 17.5. The van der Waals surface area contributed by atoms with Crippen LogP contribution in [0, 0.1) is 5.92 Å². The first-order valence-corrected chi connectivity index (χ1v) is 11.3. The summed E-state index contributed by atoms with van der Waals surface area (Å²) in [5, 5.41) is 3.47. The number of halogens is 1. The summed E-state index contributed by atoms with van der Waals surface area (Å²) in [5.41, 5.74) is 1.01. The molecule has 3 rings (SSSR count). The quantitative estimate of drug-likeness (QED) is 0.749. The molecule has 1 fully saturated rings. The maximum atomic E-state index is 12.7. The highest BCUT2D eigenvalue weighted by atomic mass is 35.5. The van der Waals surface area contributed by atoms with Gasteiger partial charge in [0.05, 0.1) is 10.6 Å². The Kier molecular flexibility index (Phi) is 6.62. The van der Waals surface area contributed by atoms with Gasteiger partial charge >= 0.3 is 0 Å². The number of benzene rings is 2. The van der Waals surface area contributed by atoms with Gasteiger partial charge in [-0.15, -0.1) is 0 Å². The number of carbonyl (C=O) groups is 1. The van der Waals surface area contributed by atoms with Crippen molar-refractivity contribution in [2.75, 3.05) is 17.9 Å². The highest BCUT2D eigenvalue weighted by Crippen LogP contribution is 2.24. The zero-order chi connectivity index (χ0) is 20.1. The van der Waals surface area contributed by atoms with Crippen molar-refractivity contribution in [1.29, 1.82) is 0 Å². The Labute approximate surface area is 171 Å². The van der Waals surface area contributed by atoms with Gasteiger partial charge in [-0.2, -0.15) is 0 Å². The molecule has 2 aromatic rings. The van der Waals surface area contributed by atoms with E-state index < -0.39 is 10.0 Å². The lowest BCUT2D eigenvalue weighted by Gasteiger charge is -2.22. The molecule has 0 saturated heterocycles. The van der Waals surface area contributed by atoms with Crippen LogP contribution >= 0.6 is 11.6 Å². The van der Waals surface area contributed by atoms with Crippen molar-refractivity contribution in [2.45, 2.75) is 37.0 Å². The minimum atomic E-state index is -3.69. The van der Waals surface area contributed by atoms with Gasteiger partial charge in [-0.1, -0.05) is 30.9 Å². The van der Waals surface area contributed by atoms with Crippen LogP contribution in [0.4, 0.5) is 5.69 Å². The molecule has 0 atom stereocenters. The van der Waals surface area contributed by atoms with Crippen LogP contribution in [0.15, 0.2) is 53.4 Å². The Bertz CT molecular complexity index is 906. The van der Waals surface area contributed by atoms with Crippen molar-refractivity contribution in [3.63, 3.8) is 0 Å². The van der Waals surface area contributed by atoms with Gasteiger partial charge in [0.2, 0.25) is 0 Å². The van der Waals surface area contributed by atoms with Crippen LogP contribution < -0.4 is 9.62 Å². The summed E-state index contributed by atoms with van der Waals surface area (Å²) in [7, 11) is -2.20. The van der Waals surface area contributed by atoms with E-state index in [2.05, 4.69) is 5.32 Å². The van der Waals surface area contributed by atoms with Gasteiger partial charge in [-0.25, -0.2) is 8.42 Å². The average Bonchev–Trinajstić information content (AvgIpc) is 2.72. The standard InChI is InChI=1S/C21H25ClN2O3S/c1-24(28(26,27)20-13-9-18(22)10-14-20)19-11-7-17(8-12-19)21(25)23-15-16-5-3-2-4-6-16/h7-14,16H,2-6,15H2,1H3,(H,23,25). The fourth-order valence-electron chi connectivity index (χ4n) is 3.46. The van der Waals surface area contributed by atoms with Gasteiger partial charge in [-0.3, -0.25) is 9.10 Å². The minimum absolute atomic E-state index is 0.125. The first-order valence-electron chi connectivity index (χ1n) is 9.50. The molecule has 150 valence electrons. The summed E-state index contributed by atoms with van der Waals surface area (Å²) in [4.78, 5) is 12.5. The molecule has 0 aliphatic heterocycles. The summed E-state index contributed by atoms with van der Waals surface area (Å²) < 4.78 is 26.7. The van der Waals surface area contributed by atoms with Crippen LogP contribution in [-0.4, -0.2) is 27.9 Å². The summed E-state index contributed by atoms with van der Waals surface area (Å²) in [6, 6.07) is 12.6. The second kappa shape index (κ2) is 8.97. The number of nitrogens with one attached hydrogen (secondary N) is 1. The van der Waals surface area contributed by atoms with E-state index in [1.54, 1.807) is 36.4 Å². The van der Waals surface area contributed by atoms with Crippen LogP contribution in [0.2, 0.25) is 5.02 Å². The Balaban J connectivity index is 1.65. The molecule has 28 heavy (non-hydrogen) atoms. The summed E-state index contributed by atoms with van der Waals surface area (Å²) in [6.07, 6.45) is 6.12. The molecule has 0 radical (unpaired) electrons. The Morgan fingerprint density at radius 2 is 1.64 bits per heavy atom. The predicted octanol–water partition coefficient (Wildman–Crippen LogP) is 4.48. The molecular formula is C21H25ClN2O3S. The van der Waals surface area contributed by atoms with Crippen LogP contribution in [0.1, 0.15) is 42.5 Å². The molecule has 7 heteroatoms. The first kappa shape index (κ1) is 20.7. The van der Waals surface area contributed by atoms with Crippen LogP contribution in [0.5, 0.6) is 0 Å². The number of rotatable bonds is 6. The molecule has 0 spiro atoms. The molecular weight excluding hydrogens is 396 g/mol. The molecule has 0 aromatic heterocycles. The molecule has 0 unspecified atom stereocenters. The van der Waals surface area contributed by atoms with Gasteiger partial charge in [0.1, 0.15) is 0 Å². The van der Waals surface area contributed by atoms with E-state index in [0.29, 0.717) is 28.7 Å². The number of amides is 1. The number of hydrogen-bond donors (Lipinski definition) is 1. The van der Waals surface area contributed by atoms with Crippen molar-refractivity contribution in [2.24, 2.45) is 5.92 Å². The monoisotopic (exact) mass is 420 g/mol. The molecule has 1 aliphatic rings. The van der Waals surface area contributed by atoms with Gasteiger partial charge in [0.15, 0.2) is 0 Å². The third-order valence-electron chi connectivity index (χ3n) is 5.24. The number of nitrogens with zero attached hydrogens (tertiary/aromatic N) is 1. The third-order valence-corrected chi connectivity index (χ3v) is 7.29. The molecule has 0 bridgehead atoms. The number of anilines is 1. The van der Waals surface area contributed by atoms with Gasteiger partial charge in [-0.05, 0) is 67.3 Å². The SMILES string of the molecule is CN(c1ccc(C(=O)NCC2CCCCC2)cc1)S(=O)(=O)c1ccc(Cl)cc1. The third kappa shape index (κ3) is 4.86. The van der Waals surface area contributed by atoms with Crippen molar-refractivity contribution < 1.29 is 13.2 Å². The summed E-state index contributed by atoms with van der Waals surface area (Å²) in [5.74, 6) is 0.438. The number of sulfonamides is 1. The Morgan fingerprint density at radius 1 is 1.04 bits per heavy atom. The predicted molar refractivity (Wildman–Crippen MR) is 112 cm³/mol. The maximum absolute atomic E-state index is 12.7. The molecule has 1 N–H and O–H groups in total. The first-order chi connectivity index (χ1) is 13.4. The van der Waals surface area contributed by atoms with E-state index in [1.807, 2.05) is 0 Å². The number of carbonyl (C=O) groups excluding carboxylic acids is 1. The fourth-order valence-corrected chi connectivity index (χ4v) is 4.78. The Morgan fingerprint density at radius 3 is 2.25 bits per heavy atom. The van der Waals surface area contributed by atoms with E-state index in [-0.39, 0.29) is 10.8 Å². The molecule has 0 heterocycles. The van der Waals surface area contributed by atoms with Crippen molar-refractivity contribution in [3.8, 4) is 0 Å². The molecule has 1 amide bonds. The fraction of sp³-hybridized carbons (Fsp3) is 0.381. The van der Waals surface area contributed by atoms with Crippen molar-refractivity contribution in [1.82, 2.24) is 5.32 Å². The molecule has 2 aromatic carbocycles. The second-order valence-electron chi connectivity index (χ2n) is 7.19. The van der Waals surface area contributed by atoms with Crippen LogP contribution in [0.25, 0.3) is 0 Å². The minimum Gasteiger partial charge on any atom is -0.352 e. The van der Waals surface area contributed by atoms with Gasteiger partial charge in [0, 0.05) is 24.2 Å². The maximum Gasteiger partial charge on any atom is 0.264 e. The smallest absolute Gasteiger partial charge is 0.264 e. The lowest BCUT2D eigenvalue weighted by Crippen LogP contribution is -2.30. The second-order valence-corrected chi connectivity index (χ2v) is 9.59. The largest absolute Gasteiger partial charge is 0.352 e. The van der Waals surface area contributed by atoms with E-state index in [1.165, 1.54) is 55.6 Å².